The van der Waals surface area contributed by atoms with Gasteiger partial charge in [-0.2, -0.15) is 11.3 Å². The first-order valence-corrected chi connectivity index (χ1v) is 11.8. The van der Waals surface area contributed by atoms with Crippen LogP contribution >= 0.6 is 11.3 Å². The van der Waals surface area contributed by atoms with E-state index in [0.29, 0.717) is 31.9 Å². The summed E-state index contributed by atoms with van der Waals surface area (Å²) in [6.07, 6.45) is 0.215. The van der Waals surface area contributed by atoms with Crippen molar-refractivity contribution in [2.45, 2.75) is 6.42 Å². The maximum Gasteiger partial charge on any atom is 0.254 e. The first-order valence-electron chi connectivity index (χ1n) is 10.8. The minimum atomic E-state index is -0.353. The number of methoxy groups -OCH3 is 1. The summed E-state index contributed by atoms with van der Waals surface area (Å²) in [5, 5.41) is 6.78. The predicted molar refractivity (Wildman–Crippen MR) is 123 cm³/mol. The average Bonchev–Trinajstić information content (AvgIpc) is 3.49. The number of ether oxygens (including phenoxy) is 1. The lowest BCUT2D eigenvalue weighted by Gasteiger charge is -2.34. The third kappa shape index (κ3) is 5.11. The van der Waals surface area contributed by atoms with E-state index in [2.05, 4.69) is 10.2 Å². The van der Waals surface area contributed by atoms with Crippen molar-refractivity contribution < 1.29 is 19.1 Å². The van der Waals surface area contributed by atoms with Crippen LogP contribution in [0.4, 0.5) is 5.69 Å². The maximum absolute atomic E-state index is 12.6. The second kappa shape index (κ2) is 10.1. The van der Waals surface area contributed by atoms with Gasteiger partial charge in [0.05, 0.1) is 18.6 Å². The quantitative estimate of drug-likeness (QED) is 0.686. The maximum atomic E-state index is 12.6. The molecule has 4 rings (SSSR count). The Bertz CT molecular complexity index is 957. The van der Waals surface area contributed by atoms with Crippen molar-refractivity contribution in [2.24, 2.45) is 5.92 Å². The first kappa shape index (κ1) is 22.3. The second-order valence-corrected chi connectivity index (χ2v) is 8.82. The number of anilines is 1. The fourth-order valence-electron chi connectivity index (χ4n) is 4.14. The molecule has 170 valence electrons. The van der Waals surface area contributed by atoms with Crippen molar-refractivity contribution in [1.29, 1.82) is 0 Å². The number of nitrogens with one attached hydrogen (secondary N) is 1. The van der Waals surface area contributed by atoms with Crippen LogP contribution in [0.25, 0.3) is 0 Å². The third-order valence-corrected chi connectivity index (χ3v) is 6.70. The number of hydrogen-bond acceptors (Lipinski definition) is 6. The molecule has 2 aliphatic rings. The molecule has 9 heteroatoms. The number of thiophene rings is 1. The van der Waals surface area contributed by atoms with E-state index in [1.165, 1.54) is 11.3 Å². The summed E-state index contributed by atoms with van der Waals surface area (Å²) in [4.78, 5) is 43.3. The largest absolute Gasteiger partial charge is 0.497 e. The molecule has 1 N–H and O–H groups in total. The molecule has 0 radical (unpaired) electrons. The van der Waals surface area contributed by atoms with Crippen LogP contribution in [0, 0.1) is 5.92 Å². The van der Waals surface area contributed by atoms with Crippen LogP contribution in [0.3, 0.4) is 0 Å². The monoisotopic (exact) mass is 456 g/mol. The zero-order valence-electron chi connectivity index (χ0n) is 18.2. The molecule has 1 atom stereocenters. The topological polar surface area (TPSA) is 82.2 Å². The molecule has 0 saturated carbocycles. The van der Waals surface area contributed by atoms with Crippen molar-refractivity contribution in [3.8, 4) is 5.75 Å². The van der Waals surface area contributed by atoms with Crippen LogP contribution in [0.1, 0.15) is 16.8 Å². The van der Waals surface area contributed by atoms with Gasteiger partial charge in [0.1, 0.15) is 5.75 Å². The molecule has 8 nitrogen and oxygen atoms in total. The highest BCUT2D eigenvalue weighted by atomic mass is 32.1. The summed E-state index contributed by atoms with van der Waals surface area (Å²) in [6, 6.07) is 9.18. The fourth-order valence-corrected chi connectivity index (χ4v) is 4.77. The highest BCUT2D eigenvalue weighted by molar-refractivity contribution is 7.08. The van der Waals surface area contributed by atoms with Crippen LogP contribution in [0.15, 0.2) is 41.1 Å². The molecule has 2 fully saturated rings. The number of piperazine rings is 1. The Hall–Kier alpha value is -2.91. The van der Waals surface area contributed by atoms with E-state index in [4.69, 9.17) is 4.74 Å². The Morgan fingerprint density at radius 1 is 1.19 bits per heavy atom. The van der Waals surface area contributed by atoms with Gasteiger partial charge >= 0.3 is 0 Å². The van der Waals surface area contributed by atoms with Gasteiger partial charge in [0, 0.05) is 69.4 Å². The normalized spacial score (nSPS) is 19.3. The van der Waals surface area contributed by atoms with Crippen molar-refractivity contribution in [3.05, 3.63) is 46.7 Å². The van der Waals surface area contributed by atoms with Gasteiger partial charge in [0.2, 0.25) is 11.8 Å². The van der Waals surface area contributed by atoms with E-state index in [1.807, 2.05) is 39.9 Å². The van der Waals surface area contributed by atoms with Gasteiger partial charge in [0.25, 0.3) is 5.91 Å². The Morgan fingerprint density at radius 3 is 2.72 bits per heavy atom. The molecule has 0 spiro atoms. The zero-order valence-corrected chi connectivity index (χ0v) is 19.0. The molecular weight excluding hydrogens is 428 g/mol. The summed E-state index contributed by atoms with van der Waals surface area (Å²) in [5.41, 5.74) is 1.50. The van der Waals surface area contributed by atoms with E-state index in [1.54, 1.807) is 18.1 Å². The molecule has 32 heavy (non-hydrogen) atoms. The van der Waals surface area contributed by atoms with E-state index in [-0.39, 0.29) is 30.1 Å². The molecule has 1 unspecified atom stereocenters. The van der Waals surface area contributed by atoms with Crippen LogP contribution in [0.2, 0.25) is 0 Å². The van der Waals surface area contributed by atoms with Gasteiger partial charge in [-0.1, -0.05) is 6.07 Å². The van der Waals surface area contributed by atoms with E-state index < -0.39 is 0 Å². The molecule has 2 aliphatic heterocycles. The van der Waals surface area contributed by atoms with E-state index >= 15 is 0 Å². The first-order chi connectivity index (χ1) is 15.5. The summed E-state index contributed by atoms with van der Waals surface area (Å²) in [5.74, 6) is 0.277. The average molecular weight is 457 g/mol. The van der Waals surface area contributed by atoms with Crippen LogP contribution in [-0.4, -0.2) is 80.4 Å². The Morgan fingerprint density at radius 2 is 2.00 bits per heavy atom. The van der Waals surface area contributed by atoms with Crippen molar-refractivity contribution >= 4 is 34.7 Å². The molecule has 2 aromatic rings. The molecule has 0 bridgehead atoms. The molecule has 3 heterocycles. The Labute approximate surface area is 191 Å². The standard InChI is InChI=1S/C23H28N4O4S/c1-31-20-4-2-3-19(14-20)27-15-18(13-21(27)28)22(29)24-6-7-25-8-10-26(11-9-25)23(30)17-5-12-32-16-17/h2-5,12,14,16,18H,6-11,13,15H2,1H3,(H,24,29). The van der Waals surface area contributed by atoms with Gasteiger partial charge in [-0.05, 0) is 23.6 Å². The summed E-state index contributed by atoms with van der Waals surface area (Å²) in [6.45, 7) is 4.59. The molecule has 1 aromatic heterocycles. The number of carbonyl (C=O) groups excluding carboxylic acids is 3. The number of carbonyl (C=O) groups is 3. The number of amides is 3. The number of rotatable bonds is 7. The smallest absolute Gasteiger partial charge is 0.254 e. The van der Waals surface area contributed by atoms with E-state index in [0.717, 1.165) is 30.9 Å². The molecule has 2 saturated heterocycles. The lowest BCUT2D eigenvalue weighted by molar-refractivity contribution is -0.126. The SMILES string of the molecule is COc1cccc(N2CC(C(=O)NCCN3CCN(C(=O)c4ccsc4)CC3)CC2=O)c1. The second-order valence-electron chi connectivity index (χ2n) is 8.04. The van der Waals surface area contributed by atoms with Crippen molar-refractivity contribution in [2.75, 3.05) is 57.8 Å². The van der Waals surface area contributed by atoms with Gasteiger partial charge in [-0.15, -0.1) is 0 Å². The predicted octanol–water partition coefficient (Wildman–Crippen LogP) is 1.68. The number of benzene rings is 1. The fraction of sp³-hybridized carbons (Fsp3) is 0.435. The lowest BCUT2D eigenvalue weighted by atomic mass is 10.1. The summed E-state index contributed by atoms with van der Waals surface area (Å²) < 4.78 is 5.23. The molecule has 3 amide bonds. The zero-order chi connectivity index (χ0) is 22.5. The number of hydrogen-bond donors (Lipinski definition) is 1. The van der Waals surface area contributed by atoms with Gasteiger partial charge in [-0.25, -0.2) is 0 Å². The van der Waals surface area contributed by atoms with Gasteiger partial charge in [-0.3, -0.25) is 19.3 Å². The van der Waals surface area contributed by atoms with Crippen molar-refractivity contribution in [1.82, 2.24) is 15.1 Å². The number of nitrogens with zero attached hydrogens (tertiary/aromatic N) is 3. The Balaban J connectivity index is 1.19. The molecule has 0 aliphatic carbocycles. The summed E-state index contributed by atoms with van der Waals surface area (Å²) >= 11 is 1.53. The lowest BCUT2D eigenvalue weighted by Crippen LogP contribution is -2.50. The van der Waals surface area contributed by atoms with E-state index in [9.17, 15) is 14.4 Å². The minimum Gasteiger partial charge on any atom is -0.497 e. The van der Waals surface area contributed by atoms with Crippen LogP contribution in [0.5, 0.6) is 5.75 Å². The third-order valence-electron chi connectivity index (χ3n) is 6.02. The highest BCUT2D eigenvalue weighted by Crippen LogP contribution is 2.28. The van der Waals surface area contributed by atoms with Gasteiger partial charge < -0.3 is 19.9 Å². The molecule has 1 aromatic carbocycles. The van der Waals surface area contributed by atoms with Crippen LogP contribution in [-0.2, 0) is 9.59 Å². The minimum absolute atomic E-state index is 0.0511. The van der Waals surface area contributed by atoms with Crippen LogP contribution < -0.4 is 15.0 Å². The summed E-state index contributed by atoms with van der Waals surface area (Å²) in [7, 11) is 1.59. The van der Waals surface area contributed by atoms with Crippen molar-refractivity contribution in [3.63, 3.8) is 0 Å². The van der Waals surface area contributed by atoms with Gasteiger partial charge in [0.15, 0.2) is 0 Å². The Kier molecular flexibility index (Phi) is 7.06. The molecular formula is C23H28N4O4S. The highest BCUT2D eigenvalue weighted by Gasteiger charge is 2.35.